The number of anilines is 2. The standard InChI is InChI=1S/2C16H16N6/c2*1-2-7-17-15-5-6-16-18-10-14(22(16)21-15)11-3-4-13-12(8-11)9-19-20-13/h2*3-6,8-10H,2,7H2,1H3,(H,17,21)(H,19,20). The number of benzene rings is 2. The van der Waals surface area contributed by atoms with E-state index in [1.165, 1.54) is 0 Å². The topological polar surface area (TPSA) is 142 Å². The van der Waals surface area contributed by atoms with E-state index < -0.39 is 0 Å². The van der Waals surface area contributed by atoms with Crippen molar-refractivity contribution in [1.82, 2.24) is 49.6 Å². The van der Waals surface area contributed by atoms with Crippen LogP contribution in [0.25, 0.3) is 55.6 Å². The van der Waals surface area contributed by atoms with Crippen LogP contribution < -0.4 is 10.6 Å². The summed E-state index contributed by atoms with van der Waals surface area (Å²) in [5.41, 5.74) is 7.81. The fourth-order valence-corrected chi connectivity index (χ4v) is 5.04. The lowest BCUT2D eigenvalue weighted by Crippen LogP contribution is -2.05. The molecule has 0 saturated heterocycles. The number of hydrogen-bond donors (Lipinski definition) is 4. The van der Waals surface area contributed by atoms with E-state index in [2.05, 4.69) is 89.3 Å². The Hall–Kier alpha value is -5.78. The predicted molar refractivity (Wildman–Crippen MR) is 174 cm³/mol. The summed E-state index contributed by atoms with van der Waals surface area (Å²) in [4.78, 5) is 8.87. The fourth-order valence-electron chi connectivity index (χ4n) is 5.04. The van der Waals surface area contributed by atoms with E-state index in [-0.39, 0.29) is 0 Å². The maximum Gasteiger partial charge on any atom is 0.154 e. The van der Waals surface area contributed by atoms with Crippen molar-refractivity contribution in [3.05, 3.63) is 85.5 Å². The van der Waals surface area contributed by atoms with Crippen molar-refractivity contribution in [1.29, 1.82) is 0 Å². The molecule has 0 radical (unpaired) electrons. The smallest absolute Gasteiger partial charge is 0.154 e. The molecule has 6 aromatic heterocycles. The maximum absolute atomic E-state index is 4.64. The lowest BCUT2D eigenvalue weighted by atomic mass is 10.1. The molecule has 4 N–H and O–H groups in total. The van der Waals surface area contributed by atoms with Gasteiger partial charge in [-0.05, 0) is 61.4 Å². The Balaban J connectivity index is 0.000000142. The zero-order valence-electron chi connectivity index (χ0n) is 24.5. The quantitative estimate of drug-likeness (QED) is 0.166. The second-order valence-corrected chi connectivity index (χ2v) is 10.5. The van der Waals surface area contributed by atoms with Gasteiger partial charge in [0.15, 0.2) is 11.3 Å². The number of nitrogens with one attached hydrogen (secondary N) is 4. The Morgan fingerprint density at radius 3 is 1.52 bits per heavy atom. The van der Waals surface area contributed by atoms with Gasteiger partial charge in [-0.25, -0.2) is 19.0 Å². The third-order valence-electron chi connectivity index (χ3n) is 7.31. The summed E-state index contributed by atoms with van der Waals surface area (Å²) in [6, 6.07) is 20.2. The number of nitrogens with zero attached hydrogens (tertiary/aromatic N) is 8. The van der Waals surface area contributed by atoms with Gasteiger partial charge in [0, 0.05) is 35.0 Å². The minimum Gasteiger partial charge on any atom is -0.369 e. The molecular formula is C32H32N12. The lowest BCUT2D eigenvalue weighted by molar-refractivity contribution is 0.910. The van der Waals surface area contributed by atoms with Gasteiger partial charge in [0.1, 0.15) is 11.6 Å². The molecule has 0 saturated carbocycles. The van der Waals surface area contributed by atoms with Crippen molar-refractivity contribution in [2.24, 2.45) is 0 Å². The molecule has 8 aromatic rings. The number of aromatic nitrogens is 10. The molecule has 0 amide bonds. The molecule has 44 heavy (non-hydrogen) atoms. The van der Waals surface area contributed by atoms with Gasteiger partial charge in [0.05, 0.1) is 47.2 Å². The molecule has 0 bridgehead atoms. The van der Waals surface area contributed by atoms with Crippen LogP contribution in [0.5, 0.6) is 0 Å². The molecule has 0 aliphatic rings. The first-order chi connectivity index (χ1) is 21.7. The number of aromatic amines is 2. The van der Waals surface area contributed by atoms with Gasteiger partial charge >= 0.3 is 0 Å². The van der Waals surface area contributed by atoms with Gasteiger partial charge in [0.25, 0.3) is 0 Å². The van der Waals surface area contributed by atoms with Gasteiger partial charge < -0.3 is 10.6 Å². The molecule has 0 unspecified atom stereocenters. The van der Waals surface area contributed by atoms with Crippen LogP contribution in [0, 0.1) is 0 Å². The summed E-state index contributed by atoms with van der Waals surface area (Å²) in [5, 5.41) is 32.1. The van der Waals surface area contributed by atoms with E-state index in [4.69, 9.17) is 0 Å². The number of imidazole rings is 2. The number of H-pyrrole nitrogens is 2. The predicted octanol–water partition coefficient (Wildman–Crippen LogP) is 6.19. The zero-order chi connectivity index (χ0) is 29.9. The average Bonchev–Trinajstić information content (AvgIpc) is 3.87. The van der Waals surface area contributed by atoms with Gasteiger partial charge in [0.2, 0.25) is 0 Å². The summed E-state index contributed by atoms with van der Waals surface area (Å²) in [7, 11) is 0. The molecule has 6 heterocycles. The van der Waals surface area contributed by atoms with E-state index in [9.17, 15) is 0 Å². The Morgan fingerprint density at radius 2 is 1.07 bits per heavy atom. The molecule has 220 valence electrons. The minimum atomic E-state index is 0.837. The third kappa shape index (κ3) is 5.28. The van der Waals surface area contributed by atoms with Gasteiger partial charge in [-0.2, -0.15) is 10.2 Å². The van der Waals surface area contributed by atoms with E-state index in [0.717, 1.165) is 93.2 Å². The molecule has 0 aliphatic carbocycles. The second-order valence-electron chi connectivity index (χ2n) is 10.5. The van der Waals surface area contributed by atoms with Crippen molar-refractivity contribution >= 4 is 44.7 Å². The SMILES string of the molecule is CCCNc1ccc2ncc(-c3ccc4[nH]ncc4c3)n2n1.CCCNc1ccc2ncc(-c3ccc4[nH]ncc4c3)n2n1. The Labute approximate surface area is 252 Å². The molecule has 2 aromatic carbocycles. The Kier molecular flexibility index (Phi) is 7.29. The van der Waals surface area contributed by atoms with Crippen LogP contribution in [0.1, 0.15) is 26.7 Å². The summed E-state index contributed by atoms with van der Waals surface area (Å²) in [6.07, 6.45) is 9.48. The van der Waals surface area contributed by atoms with E-state index in [1.807, 2.05) is 70.2 Å². The average molecular weight is 585 g/mol. The fraction of sp³-hybridized carbons (Fsp3) is 0.188. The van der Waals surface area contributed by atoms with E-state index in [1.54, 1.807) is 0 Å². The van der Waals surface area contributed by atoms with Crippen LogP contribution in [0.2, 0.25) is 0 Å². The van der Waals surface area contributed by atoms with E-state index >= 15 is 0 Å². The Morgan fingerprint density at radius 1 is 0.591 bits per heavy atom. The minimum absolute atomic E-state index is 0.837. The van der Waals surface area contributed by atoms with E-state index in [0.29, 0.717) is 0 Å². The molecular weight excluding hydrogens is 552 g/mol. The summed E-state index contributed by atoms with van der Waals surface area (Å²) in [6.45, 7) is 6.08. The number of rotatable bonds is 8. The normalized spacial score (nSPS) is 11.3. The van der Waals surface area contributed by atoms with Crippen LogP contribution in [-0.4, -0.2) is 62.7 Å². The van der Waals surface area contributed by atoms with Crippen LogP contribution >= 0.6 is 0 Å². The van der Waals surface area contributed by atoms with Crippen LogP contribution in [-0.2, 0) is 0 Å². The molecule has 0 aliphatic heterocycles. The monoisotopic (exact) mass is 584 g/mol. The van der Waals surface area contributed by atoms with Crippen LogP contribution in [0.4, 0.5) is 11.6 Å². The maximum atomic E-state index is 4.64. The number of hydrogen-bond acceptors (Lipinski definition) is 8. The first-order valence-electron chi connectivity index (χ1n) is 14.7. The van der Waals surface area contributed by atoms with Gasteiger partial charge in [-0.3, -0.25) is 10.2 Å². The van der Waals surface area contributed by atoms with Crippen molar-refractivity contribution < 1.29 is 0 Å². The summed E-state index contributed by atoms with van der Waals surface area (Å²) < 4.78 is 3.75. The third-order valence-corrected chi connectivity index (χ3v) is 7.31. The molecule has 0 atom stereocenters. The second kappa shape index (κ2) is 11.8. The highest BCUT2D eigenvalue weighted by Crippen LogP contribution is 2.25. The van der Waals surface area contributed by atoms with Gasteiger partial charge in [-0.1, -0.05) is 26.0 Å². The highest BCUT2D eigenvalue weighted by atomic mass is 15.3. The molecule has 12 heteroatoms. The van der Waals surface area contributed by atoms with Crippen LogP contribution in [0.15, 0.2) is 85.5 Å². The number of fused-ring (bicyclic) bond motifs is 4. The molecule has 0 fully saturated rings. The molecule has 8 rings (SSSR count). The molecule has 12 nitrogen and oxygen atoms in total. The zero-order valence-corrected chi connectivity index (χ0v) is 24.5. The van der Waals surface area contributed by atoms with Crippen molar-refractivity contribution in [3.63, 3.8) is 0 Å². The summed E-state index contributed by atoms with van der Waals surface area (Å²) >= 11 is 0. The van der Waals surface area contributed by atoms with Crippen molar-refractivity contribution in [2.75, 3.05) is 23.7 Å². The highest BCUT2D eigenvalue weighted by Gasteiger charge is 2.10. The van der Waals surface area contributed by atoms with Gasteiger partial charge in [-0.15, -0.1) is 10.2 Å². The van der Waals surface area contributed by atoms with Crippen LogP contribution in [0.3, 0.4) is 0 Å². The Bertz CT molecular complexity index is 2030. The first kappa shape index (κ1) is 27.1. The summed E-state index contributed by atoms with van der Waals surface area (Å²) in [5.74, 6) is 1.72. The first-order valence-corrected chi connectivity index (χ1v) is 14.7. The lowest BCUT2D eigenvalue weighted by Gasteiger charge is -2.06. The van der Waals surface area contributed by atoms with Crippen molar-refractivity contribution in [3.8, 4) is 22.5 Å². The molecule has 0 spiro atoms. The largest absolute Gasteiger partial charge is 0.369 e. The highest BCUT2D eigenvalue weighted by molar-refractivity contribution is 5.84. The van der Waals surface area contributed by atoms with Crippen molar-refractivity contribution in [2.45, 2.75) is 26.7 Å².